The van der Waals surface area contributed by atoms with Crippen molar-refractivity contribution in [2.45, 2.75) is 13.0 Å². The first-order chi connectivity index (χ1) is 11.5. The van der Waals surface area contributed by atoms with Crippen LogP contribution in [0, 0.1) is 6.92 Å². The molecule has 1 heterocycles. The van der Waals surface area contributed by atoms with E-state index in [0.717, 1.165) is 11.1 Å². The molecule has 2 amide bonds. The number of nitrogens with zero attached hydrogens (tertiary/aromatic N) is 2. The molecule has 1 aromatic carbocycles. The normalized spacial score (nSPS) is 11.3. The number of likely N-dealkylation sites (N-methyl/N-ethyl adjacent to an activating group) is 1. The second kappa shape index (κ2) is 9.80. The molecule has 0 fully saturated rings. The molecule has 1 unspecified atom stereocenters. The van der Waals surface area contributed by atoms with Crippen LogP contribution in [-0.2, 0) is 11.8 Å². The summed E-state index contributed by atoms with van der Waals surface area (Å²) in [6.45, 7) is 2.69. The monoisotopic (exact) mass is 365 g/mol. The number of aromatic nitrogens is 2. The lowest BCUT2D eigenvalue weighted by Crippen LogP contribution is -2.40. The van der Waals surface area contributed by atoms with Crippen molar-refractivity contribution in [2.24, 2.45) is 7.05 Å². The maximum atomic E-state index is 12.2. The molecule has 2 rings (SSSR count). The Labute approximate surface area is 153 Å². The van der Waals surface area contributed by atoms with E-state index in [9.17, 15) is 9.59 Å². The molecule has 0 radical (unpaired) electrons. The Kier molecular flexibility index (Phi) is 8.10. The summed E-state index contributed by atoms with van der Waals surface area (Å²) in [6, 6.07) is 6.88. The second-order valence-corrected chi connectivity index (χ2v) is 5.58. The largest absolute Gasteiger partial charge is 0.353 e. The van der Waals surface area contributed by atoms with Gasteiger partial charge in [0.2, 0.25) is 5.91 Å². The van der Waals surface area contributed by atoms with Gasteiger partial charge in [-0.2, -0.15) is 5.10 Å². The van der Waals surface area contributed by atoms with Crippen molar-refractivity contribution in [3.63, 3.8) is 0 Å². The first-order valence-corrected chi connectivity index (χ1v) is 7.79. The summed E-state index contributed by atoms with van der Waals surface area (Å²) in [5, 5.41) is 12.6. The van der Waals surface area contributed by atoms with Crippen molar-refractivity contribution in [3.05, 3.63) is 53.3 Å². The predicted octanol–water partition coefficient (Wildman–Crippen LogP) is 0.957. The van der Waals surface area contributed by atoms with Gasteiger partial charge in [-0.3, -0.25) is 14.3 Å². The number of aryl methyl sites for hydroxylation is 2. The fourth-order valence-corrected chi connectivity index (χ4v) is 2.31. The van der Waals surface area contributed by atoms with Crippen molar-refractivity contribution in [3.8, 4) is 0 Å². The SMILES string of the molecule is CNC(C(=O)NCCNC(=O)c1ccc(C)cc1)c1cnn(C)c1.Cl. The van der Waals surface area contributed by atoms with Gasteiger partial charge in [0.15, 0.2) is 0 Å². The molecule has 1 aromatic heterocycles. The number of rotatable bonds is 7. The Hall–Kier alpha value is -2.38. The highest BCUT2D eigenvalue weighted by Gasteiger charge is 2.19. The van der Waals surface area contributed by atoms with Crippen LogP contribution < -0.4 is 16.0 Å². The highest BCUT2D eigenvalue weighted by Crippen LogP contribution is 2.10. The Morgan fingerprint density at radius 2 is 1.80 bits per heavy atom. The van der Waals surface area contributed by atoms with Gasteiger partial charge in [-0.1, -0.05) is 17.7 Å². The minimum atomic E-state index is -0.466. The van der Waals surface area contributed by atoms with Crippen molar-refractivity contribution in [2.75, 3.05) is 20.1 Å². The van der Waals surface area contributed by atoms with Crippen molar-refractivity contribution >= 4 is 24.2 Å². The van der Waals surface area contributed by atoms with E-state index in [1.165, 1.54) is 0 Å². The Bertz CT molecular complexity index is 699. The van der Waals surface area contributed by atoms with Crippen LogP contribution in [0.25, 0.3) is 0 Å². The van der Waals surface area contributed by atoms with Crippen LogP contribution in [0.4, 0.5) is 0 Å². The predicted molar refractivity (Wildman–Crippen MR) is 98.8 cm³/mol. The Morgan fingerprint density at radius 1 is 1.16 bits per heavy atom. The molecule has 0 spiro atoms. The van der Waals surface area contributed by atoms with Crippen molar-refractivity contribution in [1.29, 1.82) is 0 Å². The van der Waals surface area contributed by atoms with Gasteiger partial charge in [0.05, 0.1) is 6.20 Å². The third-order valence-electron chi connectivity index (χ3n) is 3.63. The third kappa shape index (κ3) is 5.88. The van der Waals surface area contributed by atoms with E-state index in [0.29, 0.717) is 18.7 Å². The van der Waals surface area contributed by atoms with E-state index in [4.69, 9.17) is 0 Å². The average Bonchev–Trinajstić information content (AvgIpc) is 2.99. The standard InChI is InChI=1S/C17H23N5O2.ClH/c1-12-4-6-13(7-5-12)16(23)19-8-9-20-17(24)15(18-2)14-10-21-22(3)11-14;/h4-7,10-11,15,18H,8-9H2,1-3H3,(H,19,23)(H,20,24);1H. The average molecular weight is 366 g/mol. The summed E-state index contributed by atoms with van der Waals surface area (Å²) in [7, 11) is 3.52. The van der Waals surface area contributed by atoms with E-state index in [2.05, 4.69) is 21.0 Å². The van der Waals surface area contributed by atoms with E-state index >= 15 is 0 Å². The van der Waals surface area contributed by atoms with E-state index in [-0.39, 0.29) is 24.2 Å². The molecule has 25 heavy (non-hydrogen) atoms. The zero-order valence-electron chi connectivity index (χ0n) is 14.6. The molecule has 0 aliphatic heterocycles. The molecular weight excluding hydrogens is 342 g/mol. The first kappa shape index (κ1) is 20.7. The smallest absolute Gasteiger partial charge is 0.251 e. The summed E-state index contributed by atoms with van der Waals surface area (Å²) in [5.74, 6) is -0.309. The number of hydrogen-bond donors (Lipinski definition) is 3. The van der Waals surface area contributed by atoms with Gasteiger partial charge in [0, 0.05) is 37.5 Å². The number of nitrogens with one attached hydrogen (secondary N) is 3. The van der Waals surface area contributed by atoms with Crippen LogP contribution >= 0.6 is 12.4 Å². The highest BCUT2D eigenvalue weighted by atomic mass is 35.5. The molecule has 1 atom stereocenters. The van der Waals surface area contributed by atoms with Crippen LogP contribution in [0.3, 0.4) is 0 Å². The number of benzene rings is 1. The summed E-state index contributed by atoms with van der Waals surface area (Å²) in [6.07, 6.45) is 3.44. The fraction of sp³-hybridized carbons (Fsp3) is 0.353. The van der Waals surface area contributed by atoms with Gasteiger partial charge in [-0.25, -0.2) is 0 Å². The van der Waals surface area contributed by atoms with E-state index in [1.54, 1.807) is 43.3 Å². The molecular formula is C17H24ClN5O2. The second-order valence-electron chi connectivity index (χ2n) is 5.58. The molecule has 0 bridgehead atoms. The maximum absolute atomic E-state index is 12.2. The minimum Gasteiger partial charge on any atom is -0.353 e. The zero-order chi connectivity index (χ0) is 17.5. The van der Waals surface area contributed by atoms with Gasteiger partial charge >= 0.3 is 0 Å². The summed E-state index contributed by atoms with van der Waals surface area (Å²) >= 11 is 0. The number of carbonyl (C=O) groups is 2. The summed E-state index contributed by atoms with van der Waals surface area (Å²) in [4.78, 5) is 24.2. The van der Waals surface area contributed by atoms with Crippen LogP contribution in [0.1, 0.15) is 27.5 Å². The molecule has 136 valence electrons. The van der Waals surface area contributed by atoms with Crippen LogP contribution in [0.15, 0.2) is 36.7 Å². The third-order valence-corrected chi connectivity index (χ3v) is 3.63. The molecule has 8 heteroatoms. The van der Waals surface area contributed by atoms with Gasteiger partial charge in [-0.15, -0.1) is 12.4 Å². The molecule has 0 aliphatic carbocycles. The molecule has 0 saturated heterocycles. The number of halogens is 1. The first-order valence-electron chi connectivity index (χ1n) is 7.79. The molecule has 3 N–H and O–H groups in total. The minimum absolute atomic E-state index is 0. The van der Waals surface area contributed by atoms with Gasteiger partial charge in [0.1, 0.15) is 6.04 Å². The molecule has 0 aliphatic rings. The number of amides is 2. The lowest BCUT2D eigenvalue weighted by molar-refractivity contribution is -0.123. The van der Waals surface area contributed by atoms with E-state index < -0.39 is 6.04 Å². The lowest BCUT2D eigenvalue weighted by atomic mass is 10.1. The number of carbonyl (C=O) groups excluding carboxylic acids is 2. The zero-order valence-corrected chi connectivity index (χ0v) is 15.4. The van der Waals surface area contributed by atoms with Crippen LogP contribution in [0.5, 0.6) is 0 Å². The Balaban J connectivity index is 0.00000312. The fourth-order valence-electron chi connectivity index (χ4n) is 2.31. The summed E-state index contributed by atoms with van der Waals surface area (Å²) in [5.41, 5.74) is 2.50. The maximum Gasteiger partial charge on any atom is 0.251 e. The Morgan fingerprint density at radius 3 is 2.36 bits per heavy atom. The van der Waals surface area contributed by atoms with Crippen molar-refractivity contribution < 1.29 is 9.59 Å². The molecule has 2 aromatic rings. The van der Waals surface area contributed by atoms with Crippen molar-refractivity contribution in [1.82, 2.24) is 25.7 Å². The van der Waals surface area contributed by atoms with E-state index in [1.807, 2.05) is 19.1 Å². The van der Waals surface area contributed by atoms with Gasteiger partial charge in [0.25, 0.3) is 5.91 Å². The van der Waals surface area contributed by atoms with Crippen LogP contribution in [0.2, 0.25) is 0 Å². The number of hydrogen-bond acceptors (Lipinski definition) is 4. The lowest BCUT2D eigenvalue weighted by Gasteiger charge is -2.14. The summed E-state index contributed by atoms with van der Waals surface area (Å²) < 4.78 is 1.65. The topological polar surface area (TPSA) is 88.1 Å². The molecule has 7 nitrogen and oxygen atoms in total. The molecule has 0 saturated carbocycles. The van der Waals surface area contributed by atoms with Crippen LogP contribution in [-0.4, -0.2) is 41.7 Å². The van der Waals surface area contributed by atoms with Gasteiger partial charge < -0.3 is 16.0 Å². The highest BCUT2D eigenvalue weighted by molar-refractivity contribution is 5.94. The van der Waals surface area contributed by atoms with Gasteiger partial charge in [-0.05, 0) is 26.1 Å². The quantitative estimate of drug-likeness (QED) is 0.638.